The highest BCUT2D eigenvalue weighted by Gasteiger charge is 2.31. The van der Waals surface area contributed by atoms with Crippen LogP contribution in [0.4, 0.5) is 18.9 Å². The zero-order valence-corrected chi connectivity index (χ0v) is 8.98. The van der Waals surface area contributed by atoms with Crippen molar-refractivity contribution in [3.8, 4) is 5.69 Å². The monoisotopic (exact) mass is 255 g/mol. The third-order valence-electron chi connectivity index (χ3n) is 2.31. The fraction of sp³-hybridized carbons (Fsp3) is 0.0909. The smallest absolute Gasteiger partial charge is 0.394 e. The number of rotatable bonds is 1. The van der Waals surface area contributed by atoms with E-state index in [9.17, 15) is 18.0 Å². The number of hydrogen-bond donors (Lipinski definition) is 1. The molecule has 4 nitrogen and oxygen atoms in total. The first-order valence-corrected chi connectivity index (χ1v) is 4.89. The van der Waals surface area contributed by atoms with Crippen LogP contribution >= 0.6 is 0 Å². The van der Waals surface area contributed by atoms with E-state index in [1.165, 1.54) is 18.3 Å². The van der Waals surface area contributed by atoms with E-state index in [-0.39, 0.29) is 11.4 Å². The third kappa shape index (κ3) is 2.20. The Morgan fingerprint density at radius 1 is 1.28 bits per heavy atom. The molecular weight excluding hydrogens is 247 g/mol. The molecule has 0 aliphatic rings. The van der Waals surface area contributed by atoms with E-state index >= 15 is 0 Å². The Labute approximate surface area is 99.5 Å². The maximum absolute atomic E-state index is 12.5. The molecule has 0 spiro atoms. The number of nitrogens with zero attached hydrogens (tertiary/aromatic N) is 2. The summed E-state index contributed by atoms with van der Waals surface area (Å²) in [6.07, 6.45) is -1.32. The Bertz CT molecular complexity index is 634. The molecule has 0 radical (unpaired) electrons. The van der Waals surface area contributed by atoms with Crippen molar-refractivity contribution in [3.05, 3.63) is 52.7 Å². The standard InChI is InChI=1S/C11H8F3N3O/c12-11(13,14)7-4-8(6-16-5-7)17-3-1-2-9(15)10(17)18/h1-6H,15H2. The largest absolute Gasteiger partial charge is 0.417 e. The first-order chi connectivity index (χ1) is 8.39. The SMILES string of the molecule is Nc1cccn(-c2cncc(C(F)(F)F)c2)c1=O. The number of alkyl halides is 3. The third-order valence-corrected chi connectivity index (χ3v) is 2.31. The molecular formula is C11H8F3N3O. The van der Waals surface area contributed by atoms with Crippen molar-refractivity contribution in [3.63, 3.8) is 0 Å². The Kier molecular flexibility index (Phi) is 2.82. The summed E-state index contributed by atoms with van der Waals surface area (Å²) in [5.41, 5.74) is 3.87. The summed E-state index contributed by atoms with van der Waals surface area (Å²) in [4.78, 5) is 15.1. The number of hydrogen-bond acceptors (Lipinski definition) is 3. The van der Waals surface area contributed by atoms with Gasteiger partial charge < -0.3 is 5.73 Å². The van der Waals surface area contributed by atoms with Crippen LogP contribution in [0.3, 0.4) is 0 Å². The molecule has 0 atom stereocenters. The van der Waals surface area contributed by atoms with E-state index in [2.05, 4.69) is 4.98 Å². The number of anilines is 1. The highest BCUT2D eigenvalue weighted by Crippen LogP contribution is 2.29. The minimum absolute atomic E-state index is 0.0159. The second-order valence-corrected chi connectivity index (χ2v) is 3.57. The lowest BCUT2D eigenvalue weighted by molar-refractivity contribution is -0.137. The van der Waals surface area contributed by atoms with Crippen LogP contribution < -0.4 is 11.3 Å². The fourth-order valence-electron chi connectivity index (χ4n) is 1.43. The van der Waals surface area contributed by atoms with Gasteiger partial charge in [-0.3, -0.25) is 14.3 Å². The van der Waals surface area contributed by atoms with Crippen LogP contribution in [0, 0.1) is 0 Å². The van der Waals surface area contributed by atoms with Gasteiger partial charge in [-0.25, -0.2) is 0 Å². The van der Waals surface area contributed by atoms with Crippen LogP contribution in [-0.2, 0) is 6.18 Å². The van der Waals surface area contributed by atoms with Crippen LogP contribution in [0.2, 0.25) is 0 Å². The lowest BCUT2D eigenvalue weighted by Crippen LogP contribution is -2.21. The Hall–Kier alpha value is -2.31. The van der Waals surface area contributed by atoms with E-state index < -0.39 is 17.3 Å². The van der Waals surface area contributed by atoms with Crippen molar-refractivity contribution < 1.29 is 13.2 Å². The quantitative estimate of drug-likeness (QED) is 0.845. The summed E-state index contributed by atoms with van der Waals surface area (Å²) in [6.45, 7) is 0. The summed E-state index contributed by atoms with van der Waals surface area (Å²) in [6, 6.07) is 3.69. The van der Waals surface area contributed by atoms with E-state index in [0.717, 1.165) is 16.8 Å². The van der Waals surface area contributed by atoms with Gasteiger partial charge in [0, 0.05) is 12.4 Å². The minimum Gasteiger partial charge on any atom is -0.394 e. The molecule has 0 aliphatic heterocycles. The molecule has 18 heavy (non-hydrogen) atoms. The lowest BCUT2D eigenvalue weighted by Gasteiger charge is -2.09. The second kappa shape index (κ2) is 4.17. The minimum atomic E-state index is -4.51. The summed E-state index contributed by atoms with van der Waals surface area (Å²) in [7, 11) is 0. The molecule has 2 aromatic rings. The highest BCUT2D eigenvalue weighted by molar-refractivity contribution is 5.40. The van der Waals surface area contributed by atoms with Gasteiger partial charge >= 0.3 is 6.18 Å². The first kappa shape index (κ1) is 12.2. The molecule has 0 bridgehead atoms. The molecule has 0 aromatic carbocycles. The topological polar surface area (TPSA) is 60.9 Å². The molecule has 0 amide bonds. The van der Waals surface area contributed by atoms with E-state index in [1.807, 2.05) is 0 Å². The molecule has 0 saturated carbocycles. The van der Waals surface area contributed by atoms with Crippen LogP contribution in [0.25, 0.3) is 5.69 Å². The second-order valence-electron chi connectivity index (χ2n) is 3.57. The van der Waals surface area contributed by atoms with Crippen molar-refractivity contribution in [2.24, 2.45) is 0 Å². The van der Waals surface area contributed by atoms with Gasteiger partial charge in [0.15, 0.2) is 0 Å². The van der Waals surface area contributed by atoms with Gasteiger partial charge in [-0.15, -0.1) is 0 Å². The molecule has 0 aliphatic carbocycles. The highest BCUT2D eigenvalue weighted by atomic mass is 19.4. The van der Waals surface area contributed by atoms with E-state index in [4.69, 9.17) is 5.73 Å². The van der Waals surface area contributed by atoms with Crippen LogP contribution in [0.5, 0.6) is 0 Å². The van der Waals surface area contributed by atoms with Gasteiger partial charge in [0.05, 0.1) is 23.1 Å². The Balaban J connectivity index is 2.59. The van der Waals surface area contributed by atoms with Crippen molar-refractivity contribution >= 4 is 5.69 Å². The number of aromatic nitrogens is 2. The predicted molar refractivity (Wildman–Crippen MR) is 59.2 cm³/mol. The molecule has 2 N–H and O–H groups in total. The van der Waals surface area contributed by atoms with Crippen LogP contribution in [0.15, 0.2) is 41.6 Å². The van der Waals surface area contributed by atoms with Crippen molar-refractivity contribution in [2.45, 2.75) is 6.18 Å². The fourth-order valence-corrected chi connectivity index (χ4v) is 1.43. The predicted octanol–water partition coefficient (Wildman–Crippen LogP) is 1.83. The number of halogens is 3. The summed E-state index contributed by atoms with van der Waals surface area (Å²) >= 11 is 0. The van der Waals surface area contributed by atoms with Crippen molar-refractivity contribution in [1.29, 1.82) is 0 Å². The van der Waals surface area contributed by atoms with Gasteiger partial charge in [-0.05, 0) is 18.2 Å². The Morgan fingerprint density at radius 2 is 2.00 bits per heavy atom. The maximum Gasteiger partial charge on any atom is 0.417 e. The van der Waals surface area contributed by atoms with Gasteiger partial charge in [0.25, 0.3) is 5.56 Å². The molecule has 7 heteroatoms. The van der Waals surface area contributed by atoms with Gasteiger partial charge in [0.2, 0.25) is 0 Å². The average molecular weight is 255 g/mol. The normalized spacial score (nSPS) is 11.5. The first-order valence-electron chi connectivity index (χ1n) is 4.89. The number of nitrogen functional groups attached to an aromatic ring is 1. The molecule has 0 fully saturated rings. The van der Waals surface area contributed by atoms with Gasteiger partial charge in [-0.1, -0.05) is 0 Å². The van der Waals surface area contributed by atoms with E-state index in [1.54, 1.807) is 0 Å². The molecule has 0 saturated heterocycles. The lowest BCUT2D eigenvalue weighted by atomic mass is 10.2. The zero-order chi connectivity index (χ0) is 13.3. The molecule has 0 unspecified atom stereocenters. The Morgan fingerprint density at radius 3 is 2.67 bits per heavy atom. The zero-order valence-electron chi connectivity index (χ0n) is 8.98. The maximum atomic E-state index is 12.5. The molecule has 2 rings (SSSR count). The number of pyridine rings is 2. The van der Waals surface area contributed by atoms with Crippen molar-refractivity contribution in [2.75, 3.05) is 5.73 Å². The van der Waals surface area contributed by atoms with Crippen LogP contribution in [0.1, 0.15) is 5.56 Å². The molecule has 2 aromatic heterocycles. The molecule has 2 heterocycles. The molecule has 94 valence electrons. The van der Waals surface area contributed by atoms with Crippen molar-refractivity contribution in [1.82, 2.24) is 9.55 Å². The van der Waals surface area contributed by atoms with E-state index in [0.29, 0.717) is 6.20 Å². The summed E-state index contributed by atoms with van der Waals surface area (Å²) in [5.74, 6) is 0. The van der Waals surface area contributed by atoms with Crippen LogP contribution in [-0.4, -0.2) is 9.55 Å². The van der Waals surface area contributed by atoms with Gasteiger partial charge in [-0.2, -0.15) is 13.2 Å². The average Bonchev–Trinajstić information content (AvgIpc) is 2.32. The summed E-state index contributed by atoms with van der Waals surface area (Å²) in [5, 5.41) is 0. The van der Waals surface area contributed by atoms with Gasteiger partial charge in [0.1, 0.15) is 0 Å². The number of nitrogens with two attached hydrogens (primary N) is 1. The summed E-state index contributed by atoms with van der Waals surface area (Å²) < 4.78 is 38.5.